The molecule has 0 bridgehead atoms. The first-order valence-corrected chi connectivity index (χ1v) is 12.0. The zero-order valence-corrected chi connectivity index (χ0v) is 20.8. The van der Waals surface area contributed by atoms with E-state index in [1.807, 2.05) is 12.1 Å². The zero-order chi connectivity index (χ0) is 23.9. The normalized spacial score (nSPS) is 15.4. The van der Waals surface area contributed by atoms with Crippen LogP contribution in [0.15, 0.2) is 30.6 Å². The van der Waals surface area contributed by atoms with E-state index in [2.05, 4.69) is 61.3 Å². The Labute approximate surface area is 200 Å². The van der Waals surface area contributed by atoms with Crippen molar-refractivity contribution in [2.75, 3.05) is 32.8 Å². The molecule has 0 saturated carbocycles. The Morgan fingerprint density at radius 1 is 1.00 bits per heavy atom. The van der Waals surface area contributed by atoms with Gasteiger partial charge in [-0.25, -0.2) is 14.5 Å². The number of ether oxygens (including phenoxy) is 2. The highest BCUT2D eigenvalue weighted by molar-refractivity contribution is 5.93. The van der Waals surface area contributed by atoms with Crippen molar-refractivity contribution in [1.82, 2.24) is 29.0 Å². The van der Waals surface area contributed by atoms with E-state index in [9.17, 15) is 0 Å². The van der Waals surface area contributed by atoms with Crippen LogP contribution in [0, 0.1) is 13.8 Å². The molecule has 0 radical (unpaired) electrons. The van der Waals surface area contributed by atoms with Crippen molar-refractivity contribution < 1.29 is 9.47 Å². The van der Waals surface area contributed by atoms with Gasteiger partial charge in [-0.2, -0.15) is 0 Å². The molecule has 180 valence electrons. The van der Waals surface area contributed by atoms with Crippen LogP contribution in [-0.2, 0) is 23.3 Å². The molecule has 1 aromatic carbocycles. The maximum absolute atomic E-state index is 5.99. The second-order valence-corrected chi connectivity index (χ2v) is 10.1. The van der Waals surface area contributed by atoms with Crippen LogP contribution in [0.25, 0.3) is 16.7 Å². The topological polar surface area (TPSA) is 69.7 Å². The predicted molar refractivity (Wildman–Crippen MR) is 132 cm³/mol. The fourth-order valence-electron chi connectivity index (χ4n) is 4.57. The molecule has 0 atom stereocenters. The number of aryl methyl sites for hydroxylation is 1. The van der Waals surface area contributed by atoms with Crippen LogP contribution >= 0.6 is 0 Å². The molecule has 1 aliphatic rings. The van der Waals surface area contributed by atoms with Gasteiger partial charge in [-0.05, 0) is 42.5 Å². The van der Waals surface area contributed by atoms with E-state index in [0.29, 0.717) is 12.4 Å². The quantitative estimate of drug-likeness (QED) is 0.433. The lowest BCUT2D eigenvalue weighted by atomic mass is 9.87. The molecule has 0 aliphatic carbocycles. The van der Waals surface area contributed by atoms with Gasteiger partial charge >= 0.3 is 0 Å². The third kappa shape index (κ3) is 4.40. The molecule has 34 heavy (non-hydrogen) atoms. The lowest BCUT2D eigenvalue weighted by Gasteiger charge is -2.26. The first kappa shape index (κ1) is 22.8. The van der Waals surface area contributed by atoms with Crippen LogP contribution in [0.2, 0.25) is 0 Å². The van der Waals surface area contributed by atoms with Crippen LogP contribution in [0.3, 0.4) is 0 Å². The first-order chi connectivity index (χ1) is 16.3. The summed E-state index contributed by atoms with van der Waals surface area (Å²) in [6, 6.07) is 8.26. The highest BCUT2D eigenvalue weighted by Gasteiger charge is 2.19. The summed E-state index contributed by atoms with van der Waals surface area (Å²) in [5, 5.41) is 5.69. The van der Waals surface area contributed by atoms with Crippen LogP contribution in [0.4, 0.5) is 0 Å². The number of nitrogens with zero attached hydrogens (tertiary/aromatic N) is 6. The predicted octanol–water partition coefficient (Wildman–Crippen LogP) is 3.90. The van der Waals surface area contributed by atoms with E-state index in [0.717, 1.165) is 61.8 Å². The third-order valence-corrected chi connectivity index (χ3v) is 6.82. The molecule has 1 saturated heterocycles. The van der Waals surface area contributed by atoms with Crippen molar-refractivity contribution >= 4 is 16.7 Å². The van der Waals surface area contributed by atoms with E-state index < -0.39 is 0 Å². The van der Waals surface area contributed by atoms with Crippen LogP contribution in [0.5, 0.6) is 5.75 Å². The Morgan fingerprint density at radius 3 is 2.44 bits per heavy atom. The minimum absolute atomic E-state index is 0.120. The van der Waals surface area contributed by atoms with E-state index in [4.69, 9.17) is 19.4 Å². The number of benzene rings is 1. The summed E-state index contributed by atoms with van der Waals surface area (Å²) in [6.45, 7) is 16.7. The second-order valence-electron chi connectivity index (χ2n) is 10.1. The fraction of sp³-hybridized carbons (Fsp3) is 0.500. The highest BCUT2D eigenvalue weighted by Crippen LogP contribution is 2.27. The molecular formula is C26H34N6O2. The molecule has 0 N–H and O–H groups in total. The summed E-state index contributed by atoms with van der Waals surface area (Å²) in [6.07, 6.45) is 1.76. The minimum atomic E-state index is 0.120. The number of hydrogen-bond donors (Lipinski definition) is 0. The zero-order valence-electron chi connectivity index (χ0n) is 20.8. The van der Waals surface area contributed by atoms with Crippen molar-refractivity contribution in [2.24, 2.45) is 0 Å². The van der Waals surface area contributed by atoms with Crippen molar-refractivity contribution in [3.8, 4) is 5.75 Å². The molecule has 8 nitrogen and oxygen atoms in total. The molecule has 4 heterocycles. The van der Waals surface area contributed by atoms with Gasteiger partial charge in [-0.15, -0.1) is 5.10 Å². The molecule has 3 aromatic heterocycles. The summed E-state index contributed by atoms with van der Waals surface area (Å²) in [4.78, 5) is 12.0. The minimum Gasteiger partial charge on any atom is -0.486 e. The Hall–Kier alpha value is -2.97. The Bertz CT molecular complexity index is 1290. The molecule has 1 aliphatic heterocycles. The first-order valence-electron chi connectivity index (χ1n) is 12.0. The van der Waals surface area contributed by atoms with Gasteiger partial charge in [0.15, 0.2) is 11.5 Å². The van der Waals surface area contributed by atoms with E-state index in [1.54, 1.807) is 10.8 Å². The summed E-state index contributed by atoms with van der Waals surface area (Å²) >= 11 is 0. The number of hydrogen-bond acceptors (Lipinski definition) is 6. The Balaban J connectivity index is 1.37. The van der Waals surface area contributed by atoms with Gasteiger partial charge in [-0.3, -0.25) is 4.90 Å². The molecule has 4 aromatic rings. The van der Waals surface area contributed by atoms with E-state index in [-0.39, 0.29) is 5.41 Å². The van der Waals surface area contributed by atoms with E-state index >= 15 is 0 Å². The van der Waals surface area contributed by atoms with Gasteiger partial charge in [0.2, 0.25) is 0 Å². The lowest BCUT2D eigenvalue weighted by Crippen LogP contribution is -2.38. The van der Waals surface area contributed by atoms with Crippen LogP contribution in [0.1, 0.15) is 43.4 Å². The van der Waals surface area contributed by atoms with Crippen molar-refractivity contribution in [1.29, 1.82) is 0 Å². The summed E-state index contributed by atoms with van der Waals surface area (Å²) in [5.74, 6) is 1.46. The van der Waals surface area contributed by atoms with Gasteiger partial charge in [0.05, 0.1) is 18.6 Å². The SMILES string of the molecule is Cc1c(C)n(CCN2CCOCC2)c2ncn3nc(COc4ccc(C(C)(C)C)cc4)nc3c12. The largest absolute Gasteiger partial charge is 0.486 e. The van der Waals surface area contributed by atoms with Crippen molar-refractivity contribution in [3.63, 3.8) is 0 Å². The standard InChI is InChI=1S/C26H34N6O2/c1-18-19(2)31(11-10-30-12-14-33-15-13-30)24-23(18)25-28-22(29-32(25)17-27-24)16-34-21-8-6-20(7-9-21)26(3,4)5/h6-9,17H,10-16H2,1-5H3. The molecule has 0 amide bonds. The molecule has 0 spiro atoms. The number of fused-ring (bicyclic) bond motifs is 3. The average Bonchev–Trinajstić information content (AvgIpc) is 3.35. The maximum Gasteiger partial charge on any atom is 0.189 e. The van der Waals surface area contributed by atoms with Gasteiger partial charge < -0.3 is 14.0 Å². The van der Waals surface area contributed by atoms with Crippen LogP contribution < -0.4 is 4.74 Å². The van der Waals surface area contributed by atoms with Gasteiger partial charge in [0, 0.05) is 31.9 Å². The van der Waals surface area contributed by atoms with E-state index in [1.165, 1.54) is 16.8 Å². The fourth-order valence-corrected chi connectivity index (χ4v) is 4.57. The number of aromatic nitrogens is 5. The van der Waals surface area contributed by atoms with Gasteiger partial charge in [-0.1, -0.05) is 32.9 Å². The molecule has 1 fully saturated rings. The summed E-state index contributed by atoms with van der Waals surface area (Å²) in [5.41, 5.74) is 5.62. The van der Waals surface area contributed by atoms with Gasteiger partial charge in [0.1, 0.15) is 24.3 Å². The maximum atomic E-state index is 5.99. The highest BCUT2D eigenvalue weighted by atomic mass is 16.5. The average molecular weight is 463 g/mol. The van der Waals surface area contributed by atoms with Crippen molar-refractivity contribution in [2.45, 2.75) is 53.2 Å². The smallest absolute Gasteiger partial charge is 0.189 e. The van der Waals surface area contributed by atoms with Crippen LogP contribution in [-0.4, -0.2) is 61.9 Å². The third-order valence-electron chi connectivity index (χ3n) is 6.82. The second kappa shape index (κ2) is 9.00. The molecule has 5 rings (SSSR count). The van der Waals surface area contributed by atoms with Crippen molar-refractivity contribution in [3.05, 3.63) is 53.2 Å². The monoisotopic (exact) mass is 462 g/mol. The number of morpholine rings is 1. The molecule has 8 heteroatoms. The Kier molecular flexibility index (Phi) is 6.04. The molecule has 0 unspecified atom stereocenters. The van der Waals surface area contributed by atoms with Gasteiger partial charge in [0.25, 0.3) is 0 Å². The molecular weight excluding hydrogens is 428 g/mol. The summed E-state index contributed by atoms with van der Waals surface area (Å²) in [7, 11) is 0. The number of rotatable bonds is 6. The lowest BCUT2D eigenvalue weighted by molar-refractivity contribution is 0.0364. The summed E-state index contributed by atoms with van der Waals surface area (Å²) < 4.78 is 15.5. The Morgan fingerprint density at radius 2 is 1.74 bits per heavy atom.